The summed E-state index contributed by atoms with van der Waals surface area (Å²) in [5.74, 6) is 1.82. The molecule has 21 heavy (non-hydrogen) atoms. The predicted octanol–water partition coefficient (Wildman–Crippen LogP) is 3.67. The molecule has 0 bridgehead atoms. The van der Waals surface area contributed by atoms with Crippen LogP contribution in [0.3, 0.4) is 0 Å². The third-order valence-electron chi connectivity index (χ3n) is 3.12. The number of nitrogen functional groups attached to an aromatic ring is 1. The molecule has 0 unspecified atom stereocenters. The summed E-state index contributed by atoms with van der Waals surface area (Å²) in [6.45, 7) is 0. The molecule has 3 aromatic rings. The number of methoxy groups -OCH3 is 2. The minimum Gasteiger partial charge on any atom is -0.497 e. The van der Waals surface area contributed by atoms with Gasteiger partial charge in [-0.05, 0) is 17.7 Å². The molecule has 0 saturated carbocycles. The molecule has 5 nitrogen and oxygen atoms in total. The Bertz CT molecular complexity index is 764. The van der Waals surface area contributed by atoms with E-state index < -0.39 is 0 Å². The van der Waals surface area contributed by atoms with Gasteiger partial charge in [-0.2, -0.15) is 0 Å². The summed E-state index contributed by atoms with van der Waals surface area (Å²) < 4.78 is 15.6. The van der Waals surface area contributed by atoms with Crippen molar-refractivity contribution in [2.45, 2.75) is 0 Å². The van der Waals surface area contributed by atoms with E-state index in [0.717, 1.165) is 27.5 Å². The molecule has 0 saturated heterocycles. The van der Waals surface area contributed by atoms with Gasteiger partial charge in [0.25, 0.3) is 0 Å². The van der Waals surface area contributed by atoms with Crippen molar-refractivity contribution in [3.05, 3.63) is 35.7 Å². The van der Waals surface area contributed by atoms with Crippen LogP contribution in [0.4, 0.5) is 5.88 Å². The second kappa shape index (κ2) is 5.49. The average Bonchev–Trinajstić information content (AvgIpc) is 3.13. The lowest BCUT2D eigenvalue weighted by molar-refractivity contribution is 0.415. The van der Waals surface area contributed by atoms with E-state index in [-0.39, 0.29) is 5.88 Å². The summed E-state index contributed by atoms with van der Waals surface area (Å²) in [6, 6.07) is 9.53. The topological polar surface area (TPSA) is 70.5 Å². The number of hydrogen-bond donors (Lipinski definition) is 1. The van der Waals surface area contributed by atoms with Crippen molar-refractivity contribution in [1.82, 2.24) is 5.16 Å². The highest BCUT2D eigenvalue weighted by atomic mass is 32.1. The molecule has 3 rings (SSSR count). The fourth-order valence-electron chi connectivity index (χ4n) is 2.08. The van der Waals surface area contributed by atoms with E-state index in [1.165, 1.54) is 11.3 Å². The Morgan fingerprint density at radius 3 is 2.67 bits per heavy atom. The van der Waals surface area contributed by atoms with E-state index in [0.29, 0.717) is 5.69 Å². The van der Waals surface area contributed by atoms with E-state index >= 15 is 0 Å². The van der Waals surface area contributed by atoms with Gasteiger partial charge >= 0.3 is 0 Å². The van der Waals surface area contributed by atoms with E-state index in [4.69, 9.17) is 19.7 Å². The number of nitrogens with two attached hydrogens (primary N) is 1. The highest BCUT2D eigenvalue weighted by Gasteiger charge is 2.19. The molecule has 108 valence electrons. The van der Waals surface area contributed by atoms with Crippen LogP contribution in [0.2, 0.25) is 0 Å². The van der Waals surface area contributed by atoms with Crippen LogP contribution in [0.1, 0.15) is 0 Å². The summed E-state index contributed by atoms with van der Waals surface area (Å²) in [5, 5.41) is 5.99. The van der Waals surface area contributed by atoms with Gasteiger partial charge in [0, 0.05) is 11.4 Å². The molecular formula is C15H14N2O3S. The van der Waals surface area contributed by atoms with Crippen LogP contribution in [0.5, 0.6) is 11.5 Å². The number of nitrogens with zero attached hydrogens (tertiary/aromatic N) is 1. The predicted molar refractivity (Wildman–Crippen MR) is 82.8 cm³/mol. The Morgan fingerprint density at radius 1 is 1.14 bits per heavy atom. The van der Waals surface area contributed by atoms with Crippen LogP contribution < -0.4 is 15.2 Å². The summed E-state index contributed by atoms with van der Waals surface area (Å²) >= 11 is 1.53. The van der Waals surface area contributed by atoms with Gasteiger partial charge in [0.2, 0.25) is 5.88 Å². The number of hydrogen-bond acceptors (Lipinski definition) is 6. The smallest absolute Gasteiger partial charge is 0.230 e. The van der Waals surface area contributed by atoms with Crippen molar-refractivity contribution in [1.29, 1.82) is 0 Å². The Labute approximate surface area is 125 Å². The van der Waals surface area contributed by atoms with Gasteiger partial charge in [-0.1, -0.05) is 17.3 Å². The van der Waals surface area contributed by atoms with Gasteiger partial charge in [0.1, 0.15) is 17.2 Å². The zero-order valence-electron chi connectivity index (χ0n) is 11.6. The van der Waals surface area contributed by atoms with Gasteiger partial charge in [-0.3, -0.25) is 0 Å². The van der Waals surface area contributed by atoms with Crippen LogP contribution >= 0.6 is 11.3 Å². The molecule has 0 amide bonds. The van der Waals surface area contributed by atoms with Crippen LogP contribution in [0.25, 0.3) is 21.7 Å². The number of ether oxygens (including phenoxy) is 2. The number of anilines is 1. The van der Waals surface area contributed by atoms with Crippen molar-refractivity contribution >= 4 is 17.2 Å². The molecule has 2 heterocycles. The number of aromatic nitrogens is 1. The van der Waals surface area contributed by atoms with Crippen LogP contribution in [-0.2, 0) is 0 Å². The van der Waals surface area contributed by atoms with Gasteiger partial charge in [0.05, 0.1) is 24.7 Å². The molecule has 0 radical (unpaired) electrons. The number of thiophene rings is 1. The molecule has 0 fully saturated rings. The molecule has 1 aromatic carbocycles. The maximum absolute atomic E-state index is 5.94. The lowest BCUT2D eigenvalue weighted by Gasteiger charge is -2.04. The Balaban J connectivity index is 2.12. The van der Waals surface area contributed by atoms with E-state index in [1.54, 1.807) is 14.2 Å². The van der Waals surface area contributed by atoms with E-state index in [1.807, 2.05) is 35.7 Å². The lowest BCUT2D eigenvalue weighted by Crippen LogP contribution is -1.88. The monoisotopic (exact) mass is 302 g/mol. The number of rotatable bonds is 4. The first kappa shape index (κ1) is 13.5. The molecule has 6 heteroatoms. The molecule has 0 atom stereocenters. The Hall–Kier alpha value is -2.47. The lowest BCUT2D eigenvalue weighted by atomic mass is 10.0. The third kappa shape index (κ3) is 2.45. The molecule has 0 aliphatic rings. The average molecular weight is 302 g/mol. The molecule has 2 N–H and O–H groups in total. The van der Waals surface area contributed by atoms with Gasteiger partial charge in [-0.15, -0.1) is 11.3 Å². The SMILES string of the molecule is COc1cccc(-c2c(-c3cc(OC)cs3)noc2N)c1. The van der Waals surface area contributed by atoms with Crippen molar-refractivity contribution in [3.63, 3.8) is 0 Å². The zero-order chi connectivity index (χ0) is 14.8. The van der Waals surface area contributed by atoms with Crippen LogP contribution in [0, 0.1) is 0 Å². The highest BCUT2D eigenvalue weighted by Crippen LogP contribution is 2.40. The minimum atomic E-state index is 0.283. The summed E-state index contributed by atoms with van der Waals surface area (Å²) in [4.78, 5) is 0.935. The Kier molecular flexibility index (Phi) is 3.53. The fraction of sp³-hybridized carbons (Fsp3) is 0.133. The maximum Gasteiger partial charge on any atom is 0.230 e. The molecule has 0 spiro atoms. The van der Waals surface area contributed by atoms with E-state index in [2.05, 4.69) is 5.16 Å². The normalized spacial score (nSPS) is 10.6. The van der Waals surface area contributed by atoms with Gasteiger partial charge in [0.15, 0.2) is 0 Å². The summed E-state index contributed by atoms with van der Waals surface area (Å²) in [5.41, 5.74) is 8.31. The van der Waals surface area contributed by atoms with E-state index in [9.17, 15) is 0 Å². The summed E-state index contributed by atoms with van der Waals surface area (Å²) in [7, 11) is 3.26. The van der Waals surface area contributed by atoms with Crippen molar-refractivity contribution in [3.8, 4) is 33.2 Å². The molecule has 2 aromatic heterocycles. The second-order valence-electron chi connectivity index (χ2n) is 4.35. The number of benzene rings is 1. The first-order valence-electron chi connectivity index (χ1n) is 6.25. The highest BCUT2D eigenvalue weighted by molar-refractivity contribution is 7.13. The molecule has 0 aliphatic carbocycles. The quantitative estimate of drug-likeness (QED) is 0.796. The first-order valence-corrected chi connectivity index (χ1v) is 7.13. The van der Waals surface area contributed by atoms with Gasteiger partial charge in [-0.25, -0.2) is 0 Å². The van der Waals surface area contributed by atoms with Crippen LogP contribution in [-0.4, -0.2) is 19.4 Å². The largest absolute Gasteiger partial charge is 0.497 e. The Morgan fingerprint density at radius 2 is 1.95 bits per heavy atom. The summed E-state index contributed by atoms with van der Waals surface area (Å²) in [6.07, 6.45) is 0. The first-order chi connectivity index (χ1) is 10.2. The van der Waals surface area contributed by atoms with Gasteiger partial charge < -0.3 is 19.7 Å². The van der Waals surface area contributed by atoms with Crippen molar-refractivity contribution < 1.29 is 14.0 Å². The minimum absolute atomic E-state index is 0.283. The zero-order valence-corrected chi connectivity index (χ0v) is 12.4. The maximum atomic E-state index is 5.94. The fourth-order valence-corrected chi connectivity index (χ4v) is 2.92. The molecule has 0 aliphatic heterocycles. The standard InChI is InChI=1S/C15H14N2O3S/c1-18-10-5-3-4-9(6-10)13-14(17-20-15(13)16)12-7-11(19-2)8-21-12/h3-8H,16H2,1-2H3. The molecular weight excluding hydrogens is 288 g/mol. The third-order valence-corrected chi connectivity index (χ3v) is 4.04. The van der Waals surface area contributed by atoms with Crippen molar-refractivity contribution in [2.24, 2.45) is 0 Å². The second-order valence-corrected chi connectivity index (χ2v) is 5.26. The van der Waals surface area contributed by atoms with Crippen LogP contribution in [0.15, 0.2) is 40.2 Å². The van der Waals surface area contributed by atoms with Crippen molar-refractivity contribution in [2.75, 3.05) is 20.0 Å².